The number of nitro groups is 1. The van der Waals surface area contributed by atoms with Crippen LogP contribution < -0.4 is 5.32 Å². The van der Waals surface area contributed by atoms with Crippen molar-refractivity contribution >= 4 is 21.2 Å². The zero-order chi connectivity index (χ0) is 21.2. The summed E-state index contributed by atoms with van der Waals surface area (Å²) in [4.78, 5) is 13.1. The molecule has 1 aliphatic rings. The van der Waals surface area contributed by atoms with Crippen LogP contribution in [0.3, 0.4) is 0 Å². The molecule has 1 atom stereocenters. The van der Waals surface area contributed by atoms with Crippen molar-refractivity contribution in [1.82, 2.24) is 4.90 Å². The Morgan fingerprint density at radius 1 is 1.14 bits per heavy atom. The van der Waals surface area contributed by atoms with Crippen LogP contribution in [0.4, 0.5) is 11.4 Å². The minimum absolute atomic E-state index is 0.157. The molecule has 3 rings (SSSR count). The van der Waals surface area contributed by atoms with Crippen molar-refractivity contribution in [3.05, 3.63) is 63.7 Å². The third-order valence-corrected chi connectivity index (χ3v) is 6.61. The predicted octanol–water partition coefficient (Wildman–Crippen LogP) is 3.49. The highest BCUT2D eigenvalue weighted by Gasteiger charge is 2.29. The molecule has 0 bridgehead atoms. The first kappa shape index (κ1) is 21.3. The van der Waals surface area contributed by atoms with E-state index < -0.39 is 14.8 Å². The van der Waals surface area contributed by atoms with Gasteiger partial charge in [0.05, 0.1) is 4.92 Å². The number of hydrogen-bond acceptors (Lipinski definition) is 6. The van der Waals surface area contributed by atoms with Gasteiger partial charge in [-0.25, -0.2) is 8.42 Å². The Kier molecular flexibility index (Phi) is 6.24. The van der Waals surface area contributed by atoms with E-state index in [9.17, 15) is 18.5 Å². The van der Waals surface area contributed by atoms with E-state index in [0.29, 0.717) is 12.5 Å². The van der Waals surface area contributed by atoms with Gasteiger partial charge in [-0.1, -0.05) is 44.2 Å². The van der Waals surface area contributed by atoms with E-state index in [1.54, 1.807) is 6.07 Å². The fraction of sp³-hybridized carbons (Fsp3) is 0.429. The van der Waals surface area contributed by atoms with Crippen LogP contribution in [-0.4, -0.2) is 43.6 Å². The summed E-state index contributed by atoms with van der Waals surface area (Å²) in [6, 6.07) is 12.9. The van der Waals surface area contributed by atoms with Crippen molar-refractivity contribution in [3.8, 4) is 0 Å². The summed E-state index contributed by atoms with van der Waals surface area (Å²) < 4.78 is 24.0. The number of rotatable bonds is 7. The Balaban J connectivity index is 1.83. The van der Waals surface area contributed by atoms with Gasteiger partial charge >= 0.3 is 5.69 Å². The van der Waals surface area contributed by atoms with Crippen molar-refractivity contribution in [2.75, 3.05) is 24.7 Å². The van der Waals surface area contributed by atoms with E-state index >= 15 is 0 Å². The quantitative estimate of drug-likeness (QED) is 0.548. The smallest absolute Gasteiger partial charge is 0.310 e. The minimum atomic E-state index is -3.70. The van der Waals surface area contributed by atoms with Crippen LogP contribution in [0.2, 0.25) is 0 Å². The van der Waals surface area contributed by atoms with E-state index in [2.05, 4.69) is 42.3 Å². The Bertz CT molecular complexity index is 1000. The van der Waals surface area contributed by atoms with E-state index in [4.69, 9.17) is 0 Å². The van der Waals surface area contributed by atoms with Gasteiger partial charge in [-0.2, -0.15) is 0 Å². The Morgan fingerprint density at radius 3 is 2.45 bits per heavy atom. The van der Waals surface area contributed by atoms with Crippen LogP contribution >= 0.6 is 0 Å². The Labute approximate surface area is 171 Å². The van der Waals surface area contributed by atoms with Crippen LogP contribution in [0.25, 0.3) is 0 Å². The molecule has 0 saturated carbocycles. The number of para-hydroxylation sites is 1. The third kappa shape index (κ3) is 4.76. The van der Waals surface area contributed by atoms with Crippen LogP contribution in [-0.2, 0) is 22.8 Å². The first-order valence-electron chi connectivity index (χ1n) is 9.70. The molecule has 1 aliphatic heterocycles. The maximum absolute atomic E-state index is 12.0. The standard InChI is InChI=1S/C21H27N3O4S/c1-15(2)19(23-12-11-16-7-4-5-8-17(16)14-23)13-22-18-9-6-10-20(29(3,27)28)21(18)24(25)26/h4-10,15,19,22H,11-14H2,1-3H3. The number of sulfone groups is 1. The lowest BCUT2D eigenvalue weighted by atomic mass is 9.95. The molecule has 0 radical (unpaired) electrons. The monoisotopic (exact) mass is 417 g/mol. The molecule has 0 aliphatic carbocycles. The highest BCUT2D eigenvalue weighted by atomic mass is 32.2. The molecule has 2 aromatic rings. The third-order valence-electron chi connectivity index (χ3n) is 5.48. The maximum atomic E-state index is 12.0. The van der Waals surface area contributed by atoms with Gasteiger partial charge in [-0.05, 0) is 35.6 Å². The summed E-state index contributed by atoms with van der Waals surface area (Å²) in [6.45, 7) is 6.52. The van der Waals surface area contributed by atoms with Crippen molar-refractivity contribution in [2.24, 2.45) is 5.92 Å². The lowest BCUT2D eigenvalue weighted by Gasteiger charge is -2.38. The highest BCUT2D eigenvalue weighted by molar-refractivity contribution is 7.90. The first-order valence-corrected chi connectivity index (χ1v) is 11.6. The second-order valence-electron chi connectivity index (χ2n) is 7.86. The largest absolute Gasteiger partial charge is 0.378 e. The molecule has 0 amide bonds. The number of benzene rings is 2. The van der Waals surface area contributed by atoms with Gasteiger partial charge < -0.3 is 5.32 Å². The van der Waals surface area contributed by atoms with E-state index in [1.807, 2.05) is 6.07 Å². The molecule has 8 heteroatoms. The van der Waals surface area contributed by atoms with Gasteiger partial charge in [0.15, 0.2) is 9.84 Å². The molecule has 156 valence electrons. The molecule has 0 spiro atoms. The number of nitro benzene ring substituents is 1. The van der Waals surface area contributed by atoms with E-state index in [1.165, 1.54) is 23.3 Å². The lowest BCUT2D eigenvalue weighted by molar-refractivity contribution is -0.386. The molecule has 1 unspecified atom stereocenters. The normalized spacial score (nSPS) is 15.7. The highest BCUT2D eigenvalue weighted by Crippen LogP contribution is 2.32. The molecule has 1 N–H and O–H groups in total. The van der Waals surface area contributed by atoms with Gasteiger partial charge in [-0.3, -0.25) is 15.0 Å². The molecular weight excluding hydrogens is 390 g/mol. The fourth-order valence-electron chi connectivity index (χ4n) is 3.95. The second-order valence-corrected chi connectivity index (χ2v) is 9.85. The average molecular weight is 418 g/mol. The number of nitrogens with one attached hydrogen (secondary N) is 1. The number of hydrogen-bond donors (Lipinski definition) is 1. The summed E-state index contributed by atoms with van der Waals surface area (Å²) >= 11 is 0. The zero-order valence-corrected chi connectivity index (χ0v) is 17.8. The van der Waals surface area contributed by atoms with Crippen LogP contribution in [0.15, 0.2) is 47.4 Å². The molecule has 29 heavy (non-hydrogen) atoms. The topological polar surface area (TPSA) is 92.5 Å². The summed E-state index contributed by atoms with van der Waals surface area (Å²) in [7, 11) is -3.70. The van der Waals surface area contributed by atoms with E-state index in [-0.39, 0.29) is 22.3 Å². The van der Waals surface area contributed by atoms with Gasteiger partial charge in [0.1, 0.15) is 10.6 Å². The maximum Gasteiger partial charge on any atom is 0.310 e. The first-order chi connectivity index (χ1) is 13.7. The van der Waals surface area contributed by atoms with E-state index in [0.717, 1.165) is 25.8 Å². The summed E-state index contributed by atoms with van der Waals surface area (Å²) in [5.41, 5.74) is 2.53. The molecule has 0 aromatic heterocycles. The van der Waals surface area contributed by atoms with Gasteiger partial charge in [0, 0.05) is 31.9 Å². The minimum Gasteiger partial charge on any atom is -0.378 e. The summed E-state index contributed by atoms with van der Waals surface area (Å²) in [6.07, 6.45) is 1.96. The van der Waals surface area contributed by atoms with Crippen LogP contribution in [0.1, 0.15) is 25.0 Å². The SMILES string of the molecule is CC(C)C(CNc1cccc(S(C)(=O)=O)c1[N+](=O)[O-])N1CCc2ccccc2C1. The Morgan fingerprint density at radius 2 is 1.83 bits per heavy atom. The molecular formula is C21H27N3O4S. The van der Waals surface area contributed by atoms with Crippen LogP contribution in [0.5, 0.6) is 0 Å². The molecule has 0 fully saturated rings. The van der Waals surface area contributed by atoms with Crippen molar-refractivity contribution in [1.29, 1.82) is 0 Å². The zero-order valence-electron chi connectivity index (χ0n) is 17.0. The number of fused-ring (bicyclic) bond motifs is 1. The molecule has 2 aromatic carbocycles. The Hall–Kier alpha value is -2.45. The predicted molar refractivity (Wildman–Crippen MR) is 114 cm³/mol. The van der Waals surface area contributed by atoms with Crippen LogP contribution in [0, 0.1) is 16.0 Å². The van der Waals surface area contributed by atoms with Crippen molar-refractivity contribution in [3.63, 3.8) is 0 Å². The van der Waals surface area contributed by atoms with Gasteiger partial charge in [0.25, 0.3) is 0 Å². The molecule has 1 heterocycles. The lowest BCUT2D eigenvalue weighted by Crippen LogP contribution is -2.46. The molecule has 0 saturated heterocycles. The van der Waals surface area contributed by atoms with Gasteiger partial charge in [-0.15, -0.1) is 0 Å². The average Bonchev–Trinajstić information content (AvgIpc) is 2.66. The second kappa shape index (κ2) is 8.51. The summed E-state index contributed by atoms with van der Waals surface area (Å²) in [5, 5.41) is 14.8. The fourth-order valence-corrected chi connectivity index (χ4v) is 4.82. The van der Waals surface area contributed by atoms with Crippen molar-refractivity contribution < 1.29 is 13.3 Å². The number of nitrogens with zero attached hydrogens (tertiary/aromatic N) is 2. The summed E-state index contributed by atoms with van der Waals surface area (Å²) in [5.74, 6) is 0.324. The van der Waals surface area contributed by atoms with Gasteiger partial charge in [0.2, 0.25) is 0 Å². The number of anilines is 1. The van der Waals surface area contributed by atoms with Crippen molar-refractivity contribution in [2.45, 2.75) is 37.8 Å². The molecule has 7 nitrogen and oxygen atoms in total.